The minimum Gasteiger partial charge on any atom is -0.475 e. The van der Waals surface area contributed by atoms with Crippen molar-refractivity contribution in [2.75, 3.05) is 31.1 Å². The summed E-state index contributed by atoms with van der Waals surface area (Å²) in [4.78, 5) is 28.4. The van der Waals surface area contributed by atoms with Crippen LogP contribution in [0, 0.1) is 5.41 Å². The van der Waals surface area contributed by atoms with Gasteiger partial charge in [0.15, 0.2) is 5.82 Å². The molecule has 1 atom stereocenters. The SMILES string of the molecule is O=C(OC1CC2(C1)CN(Cc1ccccc1)C2)N1CC2COC1=CN2c1cnc2ccccc2n1. The molecule has 1 aromatic heterocycles. The molecule has 4 aliphatic heterocycles. The van der Waals surface area contributed by atoms with Gasteiger partial charge in [0.25, 0.3) is 0 Å². The average Bonchev–Trinajstić information content (AvgIpc) is 2.86. The maximum atomic E-state index is 13.0. The van der Waals surface area contributed by atoms with Gasteiger partial charge in [0.1, 0.15) is 12.7 Å². The first-order chi connectivity index (χ1) is 17.1. The van der Waals surface area contributed by atoms with Gasteiger partial charge in [-0.05, 0) is 30.5 Å². The van der Waals surface area contributed by atoms with Crippen LogP contribution in [0.1, 0.15) is 18.4 Å². The van der Waals surface area contributed by atoms with Crippen LogP contribution in [0.15, 0.2) is 72.9 Å². The standard InChI is InChI=1S/C27H27N5O3/c33-26(35-21-10-27(11-21)17-30(18-27)13-19-6-2-1-3-7-19)32-14-20-16-34-25(32)15-31(20)24-12-28-22-8-4-5-9-23(22)29-24/h1-9,12,15,20-21H,10-11,13-14,16-18H2. The number of carbonyl (C=O) groups is 1. The number of ether oxygens (including phenoxy) is 2. The Morgan fingerprint density at radius 1 is 1.06 bits per heavy atom. The smallest absolute Gasteiger partial charge is 0.417 e. The summed E-state index contributed by atoms with van der Waals surface area (Å²) in [7, 11) is 0. The molecule has 1 unspecified atom stereocenters. The highest BCUT2D eigenvalue weighted by molar-refractivity contribution is 5.76. The first-order valence-electron chi connectivity index (χ1n) is 12.2. The Bertz CT molecular complexity index is 1300. The molecule has 0 N–H and O–H groups in total. The Kier molecular flexibility index (Phi) is 4.70. The monoisotopic (exact) mass is 469 g/mol. The number of hydrogen-bond donors (Lipinski definition) is 0. The van der Waals surface area contributed by atoms with Crippen molar-refractivity contribution >= 4 is 22.9 Å². The van der Waals surface area contributed by atoms with E-state index in [1.807, 2.05) is 30.5 Å². The molecule has 8 heteroatoms. The quantitative estimate of drug-likeness (QED) is 0.576. The lowest BCUT2D eigenvalue weighted by Gasteiger charge is -2.58. The summed E-state index contributed by atoms with van der Waals surface area (Å²) in [6, 6.07) is 18.4. The number of aromatic nitrogens is 2. The molecule has 1 amide bonds. The van der Waals surface area contributed by atoms with Crippen LogP contribution in [0.25, 0.3) is 11.0 Å². The molecular formula is C27H27N5O3. The molecule has 2 bridgehead atoms. The van der Waals surface area contributed by atoms with Crippen molar-refractivity contribution in [2.45, 2.75) is 31.5 Å². The number of carbonyl (C=O) groups excluding carboxylic acids is 1. The van der Waals surface area contributed by atoms with E-state index >= 15 is 0 Å². The zero-order valence-electron chi connectivity index (χ0n) is 19.4. The normalized spacial score (nSPS) is 23.0. The van der Waals surface area contributed by atoms with Crippen LogP contribution in [-0.2, 0) is 16.0 Å². The van der Waals surface area contributed by atoms with E-state index < -0.39 is 0 Å². The first kappa shape index (κ1) is 20.7. The molecule has 3 fully saturated rings. The first-order valence-corrected chi connectivity index (χ1v) is 12.2. The lowest BCUT2D eigenvalue weighted by atomic mass is 9.61. The van der Waals surface area contributed by atoms with Crippen LogP contribution in [0.3, 0.4) is 0 Å². The number of anilines is 1. The molecule has 3 aromatic rings. The average molecular weight is 470 g/mol. The second kappa shape index (κ2) is 7.95. The van der Waals surface area contributed by atoms with E-state index in [1.54, 1.807) is 11.1 Å². The van der Waals surface area contributed by atoms with Crippen LogP contribution in [0.2, 0.25) is 0 Å². The van der Waals surface area contributed by atoms with Gasteiger partial charge >= 0.3 is 6.09 Å². The number of amides is 1. The van der Waals surface area contributed by atoms with Crippen LogP contribution in [0.4, 0.5) is 10.6 Å². The van der Waals surface area contributed by atoms with Crippen molar-refractivity contribution in [3.05, 3.63) is 78.4 Å². The van der Waals surface area contributed by atoms with Crippen LogP contribution < -0.4 is 4.90 Å². The van der Waals surface area contributed by atoms with Gasteiger partial charge in [0.05, 0.1) is 36.0 Å². The molecule has 35 heavy (non-hydrogen) atoms. The van der Waals surface area contributed by atoms with E-state index in [2.05, 4.69) is 45.1 Å². The predicted octanol–water partition coefficient (Wildman–Crippen LogP) is 3.75. The van der Waals surface area contributed by atoms with Gasteiger partial charge in [-0.1, -0.05) is 42.5 Å². The van der Waals surface area contributed by atoms with Crippen molar-refractivity contribution in [2.24, 2.45) is 5.41 Å². The molecule has 1 spiro atoms. The van der Waals surface area contributed by atoms with Gasteiger partial charge in [0, 0.05) is 25.0 Å². The highest BCUT2D eigenvalue weighted by Crippen LogP contribution is 2.50. The number of likely N-dealkylation sites (tertiary alicyclic amines) is 1. The van der Waals surface area contributed by atoms with Crippen LogP contribution in [0.5, 0.6) is 0 Å². The third kappa shape index (κ3) is 3.69. The summed E-state index contributed by atoms with van der Waals surface area (Å²) in [5.74, 6) is 1.27. The van der Waals surface area contributed by atoms with E-state index in [0.717, 1.165) is 49.3 Å². The number of rotatable bonds is 4. The minimum atomic E-state index is -0.314. The maximum Gasteiger partial charge on any atom is 0.417 e. The summed E-state index contributed by atoms with van der Waals surface area (Å²) < 4.78 is 11.7. The van der Waals surface area contributed by atoms with E-state index in [9.17, 15) is 4.79 Å². The molecule has 2 saturated heterocycles. The number of nitrogens with zero attached hydrogens (tertiary/aromatic N) is 5. The zero-order valence-corrected chi connectivity index (χ0v) is 19.4. The fourth-order valence-corrected chi connectivity index (χ4v) is 5.91. The Morgan fingerprint density at radius 2 is 1.83 bits per heavy atom. The second-order valence-electron chi connectivity index (χ2n) is 10.2. The van der Waals surface area contributed by atoms with Crippen LogP contribution in [-0.4, -0.2) is 64.2 Å². The number of fused-ring (bicyclic) bond motifs is 4. The van der Waals surface area contributed by atoms with Gasteiger partial charge in [0.2, 0.25) is 5.88 Å². The summed E-state index contributed by atoms with van der Waals surface area (Å²) in [6.07, 6.45) is 5.18. The second-order valence-corrected chi connectivity index (χ2v) is 10.2. The zero-order chi connectivity index (χ0) is 23.4. The lowest BCUT2D eigenvalue weighted by molar-refractivity contribution is -0.137. The van der Waals surface area contributed by atoms with Gasteiger partial charge in [-0.25, -0.2) is 14.7 Å². The number of hydrogen-bond acceptors (Lipinski definition) is 7. The van der Waals surface area contributed by atoms with Crippen molar-refractivity contribution in [3.8, 4) is 0 Å². The van der Waals surface area contributed by atoms with E-state index in [0.29, 0.717) is 24.4 Å². The maximum absolute atomic E-state index is 13.0. The molecule has 178 valence electrons. The topological polar surface area (TPSA) is 71.0 Å². The third-order valence-electron chi connectivity index (χ3n) is 7.60. The Labute approximate surface area is 203 Å². The molecule has 8 nitrogen and oxygen atoms in total. The highest BCUT2D eigenvalue weighted by Gasteiger charge is 2.54. The van der Waals surface area contributed by atoms with Crippen molar-refractivity contribution in [1.29, 1.82) is 0 Å². The largest absolute Gasteiger partial charge is 0.475 e. The fourth-order valence-electron chi connectivity index (χ4n) is 5.91. The number of para-hydroxylation sites is 2. The summed E-state index contributed by atoms with van der Waals surface area (Å²) in [5, 5.41) is 0. The van der Waals surface area contributed by atoms with Gasteiger partial charge in [-0.2, -0.15) is 0 Å². The molecule has 5 aliphatic rings. The molecular weight excluding hydrogens is 442 g/mol. The van der Waals surface area contributed by atoms with Gasteiger partial charge in [-0.15, -0.1) is 0 Å². The summed E-state index contributed by atoms with van der Waals surface area (Å²) >= 11 is 0. The van der Waals surface area contributed by atoms with Crippen molar-refractivity contribution in [1.82, 2.24) is 19.8 Å². The summed E-state index contributed by atoms with van der Waals surface area (Å²) in [5.41, 5.74) is 3.38. The Morgan fingerprint density at radius 3 is 2.60 bits per heavy atom. The minimum absolute atomic E-state index is 0.00936. The summed E-state index contributed by atoms with van der Waals surface area (Å²) in [6.45, 7) is 4.18. The van der Waals surface area contributed by atoms with E-state index in [-0.39, 0.29) is 18.2 Å². The Hall–Kier alpha value is -3.65. The van der Waals surface area contributed by atoms with E-state index in [1.165, 1.54) is 5.56 Å². The molecule has 0 radical (unpaired) electrons. The van der Waals surface area contributed by atoms with Gasteiger partial charge in [-0.3, -0.25) is 9.88 Å². The fraction of sp³-hybridized carbons (Fsp3) is 0.370. The van der Waals surface area contributed by atoms with E-state index in [4.69, 9.17) is 14.5 Å². The number of benzene rings is 2. The third-order valence-corrected chi connectivity index (χ3v) is 7.60. The molecule has 5 heterocycles. The molecule has 1 aliphatic carbocycles. The molecule has 2 aromatic carbocycles. The molecule has 8 rings (SSSR count). The van der Waals surface area contributed by atoms with Crippen molar-refractivity contribution < 1.29 is 14.3 Å². The van der Waals surface area contributed by atoms with Crippen molar-refractivity contribution in [3.63, 3.8) is 0 Å². The van der Waals surface area contributed by atoms with Gasteiger partial charge < -0.3 is 14.4 Å². The molecule has 1 saturated carbocycles. The van der Waals surface area contributed by atoms with Crippen LogP contribution >= 0.6 is 0 Å². The Balaban J connectivity index is 0.954. The predicted molar refractivity (Wildman–Crippen MR) is 130 cm³/mol. The lowest BCUT2D eigenvalue weighted by Crippen LogP contribution is -2.64. The highest BCUT2D eigenvalue weighted by atomic mass is 16.6.